The van der Waals surface area contributed by atoms with Crippen molar-refractivity contribution in [2.75, 3.05) is 11.4 Å². The van der Waals surface area contributed by atoms with Crippen LogP contribution in [0, 0.1) is 0 Å². The summed E-state index contributed by atoms with van der Waals surface area (Å²) in [7, 11) is 0. The largest absolute Gasteiger partial charge is 0.478 e. The normalized spacial score (nSPS) is 12.2. The molecule has 0 aliphatic carbocycles. The first kappa shape index (κ1) is 12.6. The molecule has 3 nitrogen and oxygen atoms in total. The van der Waals surface area contributed by atoms with Crippen molar-refractivity contribution in [1.29, 1.82) is 0 Å². The molecule has 3 heteroatoms. The van der Waals surface area contributed by atoms with Crippen LogP contribution in [0.1, 0.15) is 37.6 Å². The summed E-state index contributed by atoms with van der Waals surface area (Å²) in [6.45, 7) is 7.25. The van der Waals surface area contributed by atoms with Crippen LogP contribution in [0.5, 0.6) is 0 Å². The molecule has 0 heterocycles. The van der Waals surface area contributed by atoms with Gasteiger partial charge in [-0.05, 0) is 38.5 Å². The van der Waals surface area contributed by atoms with Gasteiger partial charge in [0.1, 0.15) is 0 Å². The SMILES string of the molecule is CCC(C)N(CC)c1cccc(C(=O)O)c1. The highest BCUT2D eigenvalue weighted by molar-refractivity contribution is 5.88. The minimum absolute atomic E-state index is 0.347. The van der Waals surface area contributed by atoms with Crippen molar-refractivity contribution in [3.05, 3.63) is 29.8 Å². The van der Waals surface area contributed by atoms with Crippen molar-refractivity contribution in [3.63, 3.8) is 0 Å². The lowest BCUT2D eigenvalue weighted by molar-refractivity contribution is 0.0697. The molecule has 0 radical (unpaired) electrons. The average molecular weight is 221 g/mol. The third-order valence-electron chi connectivity index (χ3n) is 2.89. The Morgan fingerprint density at radius 1 is 1.44 bits per heavy atom. The third kappa shape index (κ3) is 2.75. The summed E-state index contributed by atoms with van der Waals surface area (Å²) < 4.78 is 0. The van der Waals surface area contributed by atoms with E-state index in [0.717, 1.165) is 18.7 Å². The second-order valence-electron chi connectivity index (χ2n) is 3.90. The van der Waals surface area contributed by atoms with Gasteiger partial charge in [-0.25, -0.2) is 4.79 Å². The zero-order valence-electron chi connectivity index (χ0n) is 10.1. The Kier molecular flexibility index (Phi) is 4.35. The monoisotopic (exact) mass is 221 g/mol. The van der Waals surface area contributed by atoms with E-state index in [9.17, 15) is 4.79 Å². The second kappa shape index (κ2) is 5.54. The molecular weight excluding hydrogens is 202 g/mol. The van der Waals surface area contributed by atoms with Gasteiger partial charge in [0, 0.05) is 18.3 Å². The van der Waals surface area contributed by atoms with Gasteiger partial charge in [0.2, 0.25) is 0 Å². The van der Waals surface area contributed by atoms with Crippen molar-refractivity contribution >= 4 is 11.7 Å². The van der Waals surface area contributed by atoms with E-state index in [4.69, 9.17) is 5.11 Å². The lowest BCUT2D eigenvalue weighted by atomic mass is 10.1. The lowest BCUT2D eigenvalue weighted by Crippen LogP contribution is -2.32. The Balaban J connectivity index is 3.01. The number of carboxylic acid groups (broad SMARTS) is 1. The summed E-state index contributed by atoms with van der Waals surface area (Å²) in [5.74, 6) is -0.873. The summed E-state index contributed by atoms with van der Waals surface area (Å²) in [5.41, 5.74) is 1.33. The summed E-state index contributed by atoms with van der Waals surface area (Å²) >= 11 is 0. The smallest absolute Gasteiger partial charge is 0.335 e. The van der Waals surface area contributed by atoms with E-state index in [0.29, 0.717) is 11.6 Å². The minimum atomic E-state index is -0.873. The molecule has 0 aliphatic heterocycles. The summed E-state index contributed by atoms with van der Waals surface area (Å²) in [4.78, 5) is 13.1. The van der Waals surface area contributed by atoms with Gasteiger partial charge >= 0.3 is 5.97 Å². The van der Waals surface area contributed by atoms with E-state index >= 15 is 0 Å². The van der Waals surface area contributed by atoms with E-state index in [2.05, 4.69) is 25.7 Å². The second-order valence-corrected chi connectivity index (χ2v) is 3.90. The molecule has 0 amide bonds. The van der Waals surface area contributed by atoms with Gasteiger partial charge in [-0.1, -0.05) is 13.0 Å². The third-order valence-corrected chi connectivity index (χ3v) is 2.89. The topological polar surface area (TPSA) is 40.5 Å². The molecule has 0 bridgehead atoms. The van der Waals surface area contributed by atoms with Crippen molar-refractivity contribution in [3.8, 4) is 0 Å². The van der Waals surface area contributed by atoms with Crippen LogP contribution >= 0.6 is 0 Å². The van der Waals surface area contributed by atoms with Crippen LogP contribution in [0.2, 0.25) is 0 Å². The fourth-order valence-corrected chi connectivity index (χ4v) is 1.79. The van der Waals surface area contributed by atoms with Gasteiger partial charge in [0.15, 0.2) is 0 Å². The van der Waals surface area contributed by atoms with E-state index in [-0.39, 0.29) is 0 Å². The first-order valence-electron chi connectivity index (χ1n) is 5.70. The number of aromatic carboxylic acids is 1. The van der Waals surface area contributed by atoms with Gasteiger partial charge in [0.25, 0.3) is 0 Å². The van der Waals surface area contributed by atoms with Crippen LogP contribution < -0.4 is 4.90 Å². The fraction of sp³-hybridized carbons (Fsp3) is 0.462. The number of carboxylic acids is 1. The maximum Gasteiger partial charge on any atom is 0.335 e. The minimum Gasteiger partial charge on any atom is -0.478 e. The first-order chi connectivity index (χ1) is 7.60. The average Bonchev–Trinajstić information content (AvgIpc) is 2.30. The Labute approximate surface area is 96.7 Å². The molecule has 0 spiro atoms. The van der Waals surface area contributed by atoms with Gasteiger partial charge in [0.05, 0.1) is 5.56 Å². The molecule has 1 aromatic carbocycles. The van der Waals surface area contributed by atoms with Crippen molar-refractivity contribution in [2.24, 2.45) is 0 Å². The first-order valence-corrected chi connectivity index (χ1v) is 5.70. The summed E-state index contributed by atoms with van der Waals surface area (Å²) in [6, 6.07) is 7.54. The van der Waals surface area contributed by atoms with Crippen LogP contribution in [0.25, 0.3) is 0 Å². The van der Waals surface area contributed by atoms with Gasteiger partial charge in [-0.15, -0.1) is 0 Å². The zero-order valence-corrected chi connectivity index (χ0v) is 10.1. The van der Waals surface area contributed by atoms with Gasteiger partial charge in [-0.2, -0.15) is 0 Å². The molecule has 0 saturated carbocycles. The number of rotatable bonds is 5. The highest BCUT2D eigenvalue weighted by Crippen LogP contribution is 2.19. The summed E-state index contributed by atoms with van der Waals surface area (Å²) in [6.07, 6.45) is 1.05. The highest BCUT2D eigenvalue weighted by Gasteiger charge is 2.12. The Bertz CT molecular complexity index is 363. The van der Waals surface area contributed by atoms with E-state index in [1.165, 1.54) is 0 Å². The molecule has 1 aromatic rings. The molecule has 0 aromatic heterocycles. The molecule has 0 aliphatic rings. The Morgan fingerprint density at radius 2 is 2.12 bits per heavy atom. The maximum atomic E-state index is 10.9. The molecular formula is C13H19NO2. The molecule has 0 fully saturated rings. The predicted octanol–water partition coefficient (Wildman–Crippen LogP) is 3.01. The number of anilines is 1. The number of carbonyl (C=O) groups is 1. The highest BCUT2D eigenvalue weighted by atomic mass is 16.4. The number of hydrogen-bond acceptors (Lipinski definition) is 2. The van der Waals surface area contributed by atoms with E-state index < -0.39 is 5.97 Å². The predicted molar refractivity (Wildman–Crippen MR) is 66.2 cm³/mol. The van der Waals surface area contributed by atoms with Crippen molar-refractivity contribution in [1.82, 2.24) is 0 Å². The van der Waals surface area contributed by atoms with Gasteiger partial charge in [-0.3, -0.25) is 0 Å². The number of benzene rings is 1. The van der Waals surface area contributed by atoms with E-state index in [1.807, 2.05) is 6.07 Å². The van der Waals surface area contributed by atoms with Crippen molar-refractivity contribution in [2.45, 2.75) is 33.2 Å². The standard InChI is InChI=1S/C13H19NO2/c1-4-10(3)14(5-2)12-8-6-7-11(9-12)13(15)16/h6-10H,4-5H2,1-3H3,(H,15,16). The maximum absolute atomic E-state index is 10.9. The number of hydrogen-bond donors (Lipinski definition) is 1. The molecule has 1 rings (SSSR count). The van der Waals surface area contributed by atoms with Crippen LogP contribution in [-0.4, -0.2) is 23.7 Å². The molecule has 1 N–H and O–H groups in total. The van der Waals surface area contributed by atoms with E-state index in [1.54, 1.807) is 18.2 Å². The quantitative estimate of drug-likeness (QED) is 0.830. The van der Waals surface area contributed by atoms with Crippen LogP contribution in [-0.2, 0) is 0 Å². The molecule has 16 heavy (non-hydrogen) atoms. The van der Waals surface area contributed by atoms with Crippen LogP contribution in [0.15, 0.2) is 24.3 Å². The van der Waals surface area contributed by atoms with Crippen molar-refractivity contribution < 1.29 is 9.90 Å². The molecule has 1 atom stereocenters. The Hall–Kier alpha value is -1.51. The summed E-state index contributed by atoms with van der Waals surface area (Å²) in [5, 5.41) is 8.94. The number of nitrogens with zero attached hydrogens (tertiary/aromatic N) is 1. The van der Waals surface area contributed by atoms with Gasteiger partial charge < -0.3 is 10.0 Å². The molecule has 1 unspecified atom stereocenters. The fourth-order valence-electron chi connectivity index (χ4n) is 1.79. The van der Waals surface area contributed by atoms with Crippen LogP contribution in [0.3, 0.4) is 0 Å². The zero-order chi connectivity index (χ0) is 12.1. The van der Waals surface area contributed by atoms with Crippen LogP contribution in [0.4, 0.5) is 5.69 Å². The lowest BCUT2D eigenvalue weighted by Gasteiger charge is -2.29. The molecule has 88 valence electrons. The Morgan fingerprint density at radius 3 is 2.62 bits per heavy atom. The molecule has 0 saturated heterocycles.